The normalized spacial score (nSPS) is 10.4. The van der Waals surface area contributed by atoms with Crippen LogP contribution >= 0.6 is 0 Å². The molecule has 0 saturated heterocycles. The van der Waals surface area contributed by atoms with Crippen molar-refractivity contribution >= 4 is 11.8 Å². The molecule has 7 nitrogen and oxygen atoms in total. The van der Waals surface area contributed by atoms with E-state index in [0.29, 0.717) is 17.7 Å². The van der Waals surface area contributed by atoms with Crippen LogP contribution in [0.2, 0.25) is 0 Å². The number of unbranched alkanes of at least 4 members (excludes halogenated alkanes) is 3. The van der Waals surface area contributed by atoms with Gasteiger partial charge in [-0.15, -0.1) is 0 Å². The summed E-state index contributed by atoms with van der Waals surface area (Å²) in [5.41, 5.74) is 6.62. The zero-order valence-electron chi connectivity index (χ0n) is 17.0. The van der Waals surface area contributed by atoms with E-state index in [4.69, 9.17) is 4.74 Å². The molecule has 3 rings (SSSR count). The number of benzene rings is 2. The maximum atomic E-state index is 12.3. The largest absolute Gasteiger partial charge is 0.494 e. The number of hydrogen-bond donors (Lipinski definition) is 2. The molecule has 0 radical (unpaired) electrons. The minimum absolute atomic E-state index is 0.395. The molecule has 2 N–H and O–H groups in total. The van der Waals surface area contributed by atoms with Crippen molar-refractivity contribution in [1.29, 1.82) is 0 Å². The third-order valence-electron chi connectivity index (χ3n) is 4.60. The average Bonchev–Trinajstić information content (AvgIpc) is 3.33. The van der Waals surface area contributed by atoms with E-state index in [-0.39, 0.29) is 0 Å². The molecule has 0 fully saturated rings. The minimum Gasteiger partial charge on any atom is -0.494 e. The number of imidazole rings is 1. The molecule has 0 atom stereocenters. The Morgan fingerprint density at radius 2 is 1.53 bits per heavy atom. The van der Waals surface area contributed by atoms with Gasteiger partial charge in [0, 0.05) is 29.2 Å². The van der Waals surface area contributed by atoms with Gasteiger partial charge < -0.3 is 9.30 Å². The van der Waals surface area contributed by atoms with Gasteiger partial charge in [-0.25, -0.2) is 4.98 Å². The first-order chi connectivity index (χ1) is 14.7. The second-order valence-corrected chi connectivity index (χ2v) is 6.86. The number of amides is 2. The van der Waals surface area contributed by atoms with Crippen LogP contribution in [0.1, 0.15) is 53.3 Å². The second kappa shape index (κ2) is 10.8. The van der Waals surface area contributed by atoms with E-state index >= 15 is 0 Å². The quantitative estimate of drug-likeness (QED) is 0.417. The van der Waals surface area contributed by atoms with E-state index in [1.165, 1.54) is 12.8 Å². The molecule has 0 aliphatic carbocycles. The second-order valence-electron chi connectivity index (χ2n) is 6.86. The van der Waals surface area contributed by atoms with Crippen molar-refractivity contribution in [2.45, 2.75) is 32.6 Å². The maximum absolute atomic E-state index is 12.3. The molecule has 0 bridgehead atoms. The molecule has 2 aromatic carbocycles. The fourth-order valence-electron chi connectivity index (χ4n) is 2.88. The van der Waals surface area contributed by atoms with Gasteiger partial charge in [-0.05, 0) is 55.0 Å². The third-order valence-corrected chi connectivity index (χ3v) is 4.60. The zero-order chi connectivity index (χ0) is 21.2. The lowest BCUT2D eigenvalue weighted by Crippen LogP contribution is -2.41. The molecule has 7 heteroatoms. The SMILES string of the molecule is CCCCCCOc1ccc(C(=O)NNC(=O)c2ccc(-n3ccnc3)cc2)cc1. The molecule has 0 aliphatic rings. The summed E-state index contributed by atoms with van der Waals surface area (Å²) >= 11 is 0. The van der Waals surface area contributed by atoms with Crippen LogP contribution in [0.5, 0.6) is 5.75 Å². The number of ether oxygens (including phenoxy) is 1. The van der Waals surface area contributed by atoms with Gasteiger partial charge in [0.15, 0.2) is 0 Å². The summed E-state index contributed by atoms with van der Waals surface area (Å²) in [6.07, 6.45) is 9.76. The molecular weight excluding hydrogens is 380 g/mol. The Bertz CT molecular complexity index is 936. The first-order valence-corrected chi connectivity index (χ1v) is 10.1. The van der Waals surface area contributed by atoms with Crippen molar-refractivity contribution in [3.63, 3.8) is 0 Å². The van der Waals surface area contributed by atoms with Gasteiger partial charge in [0.05, 0.1) is 12.9 Å². The van der Waals surface area contributed by atoms with E-state index in [1.807, 2.05) is 10.8 Å². The number of hydrazine groups is 1. The first-order valence-electron chi connectivity index (χ1n) is 10.1. The monoisotopic (exact) mass is 406 g/mol. The first kappa shape index (κ1) is 21.1. The average molecular weight is 406 g/mol. The highest BCUT2D eigenvalue weighted by Crippen LogP contribution is 2.13. The maximum Gasteiger partial charge on any atom is 0.269 e. The zero-order valence-corrected chi connectivity index (χ0v) is 17.0. The number of carbonyl (C=O) groups is 2. The Balaban J connectivity index is 1.46. The van der Waals surface area contributed by atoms with Crippen LogP contribution in [0.15, 0.2) is 67.3 Å². The molecule has 2 amide bonds. The number of aromatic nitrogens is 2. The Hall–Kier alpha value is -3.61. The van der Waals surface area contributed by atoms with Crippen LogP contribution in [0.3, 0.4) is 0 Å². The lowest BCUT2D eigenvalue weighted by Gasteiger charge is -2.09. The number of carbonyl (C=O) groups excluding carboxylic acids is 2. The summed E-state index contributed by atoms with van der Waals surface area (Å²) < 4.78 is 7.51. The van der Waals surface area contributed by atoms with E-state index in [0.717, 1.165) is 24.3 Å². The summed E-state index contributed by atoms with van der Waals surface area (Å²) in [4.78, 5) is 28.5. The van der Waals surface area contributed by atoms with Crippen molar-refractivity contribution in [2.75, 3.05) is 6.61 Å². The fraction of sp³-hybridized carbons (Fsp3) is 0.261. The van der Waals surface area contributed by atoms with Gasteiger partial charge in [-0.3, -0.25) is 20.4 Å². The summed E-state index contributed by atoms with van der Waals surface area (Å²) in [6.45, 7) is 2.84. The molecule has 3 aromatic rings. The molecule has 0 spiro atoms. The summed E-state index contributed by atoms with van der Waals surface area (Å²) in [7, 11) is 0. The van der Waals surface area contributed by atoms with Crippen LogP contribution < -0.4 is 15.6 Å². The summed E-state index contributed by atoms with van der Waals surface area (Å²) in [6, 6.07) is 13.8. The molecule has 1 heterocycles. The predicted molar refractivity (Wildman–Crippen MR) is 115 cm³/mol. The standard InChI is InChI=1S/C23H26N4O3/c1-2-3-4-5-16-30-21-12-8-19(9-13-21)23(29)26-25-22(28)18-6-10-20(11-7-18)27-15-14-24-17-27/h6-15,17H,2-5,16H2,1H3,(H,25,28)(H,26,29). The fourth-order valence-corrected chi connectivity index (χ4v) is 2.88. The van der Waals surface area contributed by atoms with Crippen molar-refractivity contribution in [3.05, 3.63) is 78.4 Å². The third kappa shape index (κ3) is 5.94. The van der Waals surface area contributed by atoms with Crippen molar-refractivity contribution in [2.24, 2.45) is 0 Å². The molecular formula is C23H26N4O3. The van der Waals surface area contributed by atoms with Gasteiger partial charge >= 0.3 is 0 Å². The summed E-state index contributed by atoms with van der Waals surface area (Å²) in [5, 5.41) is 0. The highest BCUT2D eigenvalue weighted by Gasteiger charge is 2.10. The minimum atomic E-state index is -0.396. The Labute approximate surface area is 176 Å². The van der Waals surface area contributed by atoms with E-state index in [1.54, 1.807) is 61.1 Å². The molecule has 30 heavy (non-hydrogen) atoms. The van der Waals surface area contributed by atoms with Crippen molar-refractivity contribution in [1.82, 2.24) is 20.4 Å². The highest BCUT2D eigenvalue weighted by atomic mass is 16.5. The Morgan fingerprint density at radius 1 is 0.900 bits per heavy atom. The molecule has 0 unspecified atom stereocenters. The van der Waals surface area contributed by atoms with Crippen LogP contribution in [0, 0.1) is 0 Å². The van der Waals surface area contributed by atoms with Crippen molar-refractivity contribution < 1.29 is 14.3 Å². The lowest BCUT2D eigenvalue weighted by atomic mass is 10.2. The predicted octanol–water partition coefficient (Wildman–Crippen LogP) is 3.91. The van der Waals surface area contributed by atoms with Crippen LogP contribution in [-0.4, -0.2) is 28.0 Å². The Kier molecular flexibility index (Phi) is 7.60. The number of hydrogen-bond acceptors (Lipinski definition) is 4. The van der Waals surface area contributed by atoms with Crippen LogP contribution in [0.4, 0.5) is 0 Å². The van der Waals surface area contributed by atoms with E-state index in [2.05, 4.69) is 22.8 Å². The van der Waals surface area contributed by atoms with Crippen LogP contribution in [0.25, 0.3) is 5.69 Å². The summed E-state index contributed by atoms with van der Waals surface area (Å²) in [5.74, 6) is -0.0643. The number of rotatable bonds is 9. The van der Waals surface area contributed by atoms with Crippen LogP contribution in [-0.2, 0) is 0 Å². The Morgan fingerprint density at radius 3 is 2.10 bits per heavy atom. The smallest absolute Gasteiger partial charge is 0.269 e. The molecule has 156 valence electrons. The lowest BCUT2D eigenvalue weighted by molar-refractivity contribution is 0.0846. The van der Waals surface area contributed by atoms with Gasteiger partial charge in [-0.2, -0.15) is 0 Å². The molecule has 1 aromatic heterocycles. The number of nitrogens with zero attached hydrogens (tertiary/aromatic N) is 2. The van der Waals surface area contributed by atoms with E-state index in [9.17, 15) is 9.59 Å². The number of nitrogens with one attached hydrogen (secondary N) is 2. The van der Waals surface area contributed by atoms with Gasteiger partial charge in [0.2, 0.25) is 0 Å². The van der Waals surface area contributed by atoms with Gasteiger partial charge in [0.25, 0.3) is 11.8 Å². The highest BCUT2D eigenvalue weighted by molar-refractivity contribution is 5.99. The van der Waals surface area contributed by atoms with Crippen molar-refractivity contribution in [3.8, 4) is 11.4 Å². The van der Waals surface area contributed by atoms with Gasteiger partial charge in [-0.1, -0.05) is 26.2 Å². The molecule has 0 saturated carbocycles. The van der Waals surface area contributed by atoms with E-state index < -0.39 is 11.8 Å². The topological polar surface area (TPSA) is 85.3 Å². The molecule has 0 aliphatic heterocycles. The van der Waals surface area contributed by atoms with Gasteiger partial charge in [0.1, 0.15) is 5.75 Å².